The molecule has 1 amide bonds. The number of nitrogens with two attached hydrogens (primary N) is 1. The summed E-state index contributed by atoms with van der Waals surface area (Å²) in [6.07, 6.45) is 0. The molecule has 4 rings (SSSR count). The molecule has 3 aromatic rings. The number of halogens is 1. The molecule has 0 heterocycles. The zero-order valence-corrected chi connectivity index (χ0v) is 17.1. The van der Waals surface area contributed by atoms with Crippen LogP contribution < -0.4 is 10.6 Å². The van der Waals surface area contributed by atoms with E-state index in [0.29, 0.717) is 27.4 Å². The van der Waals surface area contributed by atoms with Crippen LogP contribution in [0.1, 0.15) is 50.4 Å². The van der Waals surface area contributed by atoms with Gasteiger partial charge in [0.2, 0.25) is 0 Å². The highest BCUT2D eigenvalue weighted by Crippen LogP contribution is 2.31. The summed E-state index contributed by atoms with van der Waals surface area (Å²) in [5, 5.41) is 5.37. The van der Waals surface area contributed by atoms with Crippen molar-refractivity contribution in [2.45, 2.75) is 13.0 Å². The van der Waals surface area contributed by atoms with Gasteiger partial charge < -0.3 is 10.6 Å². The van der Waals surface area contributed by atoms with Crippen LogP contribution in [0.4, 0.5) is 5.69 Å². The molecule has 6 heteroatoms. The third-order valence-corrected chi connectivity index (χ3v) is 5.53. The van der Waals surface area contributed by atoms with Gasteiger partial charge in [0.05, 0.1) is 11.3 Å². The average molecular weight is 420 g/mol. The smallest absolute Gasteiger partial charge is 0.279 e. The molecular weight excluding hydrogens is 400 g/mol. The van der Waals surface area contributed by atoms with E-state index in [1.165, 1.54) is 0 Å². The number of carbonyl (C=O) groups excluding carboxylic acids is 3. The lowest BCUT2D eigenvalue weighted by Gasteiger charge is -2.20. The Bertz CT molecular complexity index is 1160. The minimum absolute atomic E-state index is 0.0628. The van der Waals surface area contributed by atoms with Crippen molar-refractivity contribution >= 4 is 34.8 Å². The molecule has 0 radical (unpaired) electrons. The first-order valence-corrected chi connectivity index (χ1v) is 10.0. The van der Waals surface area contributed by atoms with Crippen LogP contribution in [0.3, 0.4) is 0 Å². The second-order valence-electron chi connectivity index (χ2n) is 7.26. The Morgan fingerprint density at radius 3 is 2.23 bits per heavy atom. The molecule has 0 spiro atoms. The molecule has 0 fully saturated rings. The van der Waals surface area contributed by atoms with Gasteiger partial charge in [0.25, 0.3) is 5.91 Å². The lowest BCUT2D eigenvalue weighted by molar-refractivity contribution is -0.682. The highest BCUT2D eigenvalue weighted by Gasteiger charge is 2.31. The number of nitrogens with one attached hydrogen (secondary N) is 1. The molecule has 0 aromatic heterocycles. The summed E-state index contributed by atoms with van der Waals surface area (Å²) in [5.74, 6) is -0.711. The second kappa shape index (κ2) is 8.22. The Balaban J connectivity index is 1.51. The molecule has 3 N–H and O–H groups in total. The number of ketones is 2. The molecule has 0 bridgehead atoms. The van der Waals surface area contributed by atoms with Gasteiger partial charge in [-0.15, -0.1) is 0 Å². The van der Waals surface area contributed by atoms with Crippen LogP contribution in [0.5, 0.6) is 0 Å². The van der Waals surface area contributed by atoms with Gasteiger partial charge in [-0.2, -0.15) is 0 Å². The largest absolute Gasteiger partial charge is 0.333 e. The molecule has 150 valence electrons. The monoisotopic (exact) mass is 419 g/mol. The van der Waals surface area contributed by atoms with Gasteiger partial charge in [-0.3, -0.25) is 14.4 Å². The Morgan fingerprint density at radius 1 is 0.900 bits per heavy atom. The standard InChI is InChI=1S/C24H19ClN2O3/c1-14(15-9-11-16(25)12-10-15)26-13-21(28)27-20-8-4-7-19-22(20)24(30)18-6-3-2-5-17(18)23(19)29/h2-12,14,26H,13H2,1H3,(H,27,28)/p+1/t14-/m1/s1. The number of quaternary nitrogens is 1. The van der Waals surface area contributed by atoms with Crippen LogP contribution in [-0.4, -0.2) is 24.0 Å². The van der Waals surface area contributed by atoms with E-state index < -0.39 is 0 Å². The molecule has 5 nitrogen and oxygen atoms in total. The normalized spacial score (nSPS) is 13.4. The molecule has 1 atom stereocenters. The highest BCUT2D eigenvalue weighted by molar-refractivity contribution is 6.31. The van der Waals surface area contributed by atoms with Crippen molar-refractivity contribution in [1.82, 2.24) is 0 Å². The Hall–Kier alpha value is -3.28. The number of rotatable bonds is 5. The average Bonchev–Trinajstić information content (AvgIpc) is 2.76. The van der Waals surface area contributed by atoms with Crippen molar-refractivity contribution in [3.63, 3.8) is 0 Å². The number of amides is 1. The lowest BCUT2D eigenvalue weighted by Crippen LogP contribution is -2.86. The third kappa shape index (κ3) is 3.77. The number of fused-ring (bicyclic) bond motifs is 2. The zero-order chi connectivity index (χ0) is 21.3. The fraction of sp³-hybridized carbons (Fsp3) is 0.125. The first-order chi connectivity index (χ1) is 14.5. The molecule has 0 saturated heterocycles. The summed E-state index contributed by atoms with van der Waals surface area (Å²) in [6.45, 7) is 2.17. The number of anilines is 1. The van der Waals surface area contributed by atoms with Crippen molar-refractivity contribution < 1.29 is 19.7 Å². The Kier molecular flexibility index (Phi) is 5.48. The van der Waals surface area contributed by atoms with Crippen LogP contribution in [0, 0.1) is 0 Å². The van der Waals surface area contributed by atoms with Gasteiger partial charge in [-0.05, 0) is 25.1 Å². The van der Waals surface area contributed by atoms with Gasteiger partial charge in [0.1, 0.15) is 6.04 Å². The molecule has 0 saturated carbocycles. The first-order valence-electron chi connectivity index (χ1n) is 9.66. The van der Waals surface area contributed by atoms with Crippen LogP contribution in [0.15, 0.2) is 66.7 Å². The summed E-state index contributed by atoms with van der Waals surface area (Å²) in [4.78, 5) is 38.4. The molecule has 0 unspecified atom stereocenters. The number of carbonyl (C=O) groups is 3. The predicted molar refractivity (Wildman–Crippen MR) is 115 cm³/mol. The molecule has 1 aliphatic rings. The fourth-order valence-electron chi connectivity index (χ4n) is 3.64. The van der Waals surface area contributed by atoms with Crippen LogP contribution in [0.25, 0.3) is 0 Å². The van der Waals surface area contributed by atoms with E-state index in [0.717, 1.165) is 5.56 Å². The van der Waals surface area contributed by atoms with Crippen molar-refractivity contribution in [2.24, 2.45) is 0 Å². The maximum Gasteiger partial charge on any atom is 0.279 e. The van der Waals surface area contributed by atoms with Crippen molar-refractivity contribution in [2.75, 3.05) is 11.9 Å². The maximum absolute atomic E-state index is 13.0. The van der Waals surface area contributed by atoms with Gasteiger partial charge in [0.15, 0.2) is 18.1 Å². The minimum Gasteiger partial charge on any atom is -0.333 e. The summed E-state index contributed by atoms with van der Waals surface area (Å²) in [6, 6.07) is 19.2. The second-order valence-corrected chi connectivity index (χ2v) is 7.70. The zero-order valence-electron chi connectivity index (χ0n) is 16.3. The summed E-state index contributed by atoms with van der Waals surface area (Å²) in [7, 11) is 0. The van der Waals surface area contributed by atoms with Crippen LogP contribution in [0.2, 0.25) is 5.02 Å². The molecule has 30 heavy (non-hydrogen) atoms. The first kappa shape index (κ1) is 20.0. The number of hydrogen-bond acceptors (Lipinski definition) is 3. The predicted octanol–water partition coefficient (Wildman–Crippen LogP) is 3.38. The summed E-state index contributed by atoms with van der Waals surface area (Å²) in [5.41, 5.74) is 2.73. The fourth-order valence-corrected chi connectivity index (χ4v) is 3.76. The van der Waals surface area contributed by atoms with E-state index in [9.17, 15) is 14.4 Å². The topological polar surface area (TPSA) is 79.8 Å². The van der Waals surface area contributed by atoms with Gasteiger partial charge in [-0.25, -0.2) is 0 Å². The molecule has 3 aromatic carbocycles. The summed E-state index contributed by atoms with van der Waals surface area (Å²) < 4.78 is 0. The van der Waals surface area contributed by atoms with Crippen LogP contribution in [-0.2, 0) is 4.79 Å². The number of benzene rings is 3. The van der Waals surface area contributed by atoms with Crippen molar-refractivity contribution in [3.05, 3.63) is 99.6 Å². The van der Waals surface area contributed by atoms with E-state index in [2.05, 4.69) is 5.32 Å². The Labute approximate surface area is 179 Å². The van der Waals surface area contributed by atoms with Crippen molar-refractivity contribution in [1.29, 1.82) is 0 Å². The van der Waals surface area contributed by atoms with Gasteiger partial charge in [-0.1, -0.05) is 60.1 Å². The van der Waals surface area contributed by atoms with Gasteiger partial charge in [0, 0.05) is 27.3 Å². The maximum atomic E-state index is 13.0. The van der Waals surface area contributed by atoms with E-state index >= 15 is 0 Å². The lowest BCUT2D eigenvalue weighted by atomic mass is 9.83. The SMILES string of the molecule is C[C@@H]([NH2+]CC(=O)Nc1cccc2c1C(=O)c1ccccc1C2=O)c1ccc(Cl)cc1. The minimum atomic E-state index is -0.255. The number of hydrogen-bond donors (Lipinski definition) is 2. The van der Waals surface area contributed by atoms with E-state index in [4.69, 9.17) is 11.6 Å². The quantitative estimate of drug-likeness (QED) is 0.520. The Morgan fingerprint density at radius 2 is 1.53 bits per heavy atom. The highest BCUT2D eigenvalue weighted by atomic mass is 35.5. The molecule has 1 aliphatic carbocycles. The van der Waals surface area contributed by atoms with E-state index in [-0.39, 0.29) is 35.6 Å². The van der Waals surface area contributed by atoms with Crippen molar-refractivity contribution in [3.8, 4) is 0 Å². The van der Waals surface area contributed by atoms with Crippen LogP contribution >= 0.6 is 11.6 Å². The summed E-state index contributed by atoms with van der Waals surface area (Å²) >= 11 is 5.92. The van der Waals surface area contributed by atoms with Gasteiger partial charge >= 0.3 is 0 Å². The van der Waals surface area contributed by atoms with E-state index in [1.54, 1.807) is 42.5 Å². The molecular formula is C24H20ClN2O3+. The van der Waals surface area contributed by atoms with E-state index in [1.807, 2.05) is 36.5 Å². The molecule has 0 aliphatic heterocycles. The third-order valence-electron chi connectivity index (χ3n) is 5.28.